The minimum atomic E-state index is -1.05. The third-order valence-corrected chi connectivity index (χ3v) is 0.322. The first-order chi connectivity index (χ1) is 2.93. The Morgan fingerprint density at radius 1 is 1.50 bits per heavy atom. The summed E-state index contributed by atoms with van der Waals surface area (Å²) in [6.45, 7) is 0. The summed E-state index contributed by atoms with van der Waals surface area (Å²) >= 11 is 0. The highest BCUT2D eigenvalue weighted by molar-refractivity contribution is 6.36. The van der Waals surface area contributed by atoms with E-state index in [1.807, 2.05) is 0 Å². The summed E-state index contributed by atoms with van der Waals surface area (Å²) < 4.78 is 0. The predicted molar refractivity (Wildman–Crippen MR) is 12.7 cm³/mol. The van der Waals surface area contributed by atoms with E-state index in [4.69, 9.17) is 5.26 Å². The van der Waals surface area contributed by atoms with Gasteiger partial charge < -0.3 is 0 Å². The molecule has 1 aliphatic rings. The van der Waals surface area contributed by atoms with Crippen molar-refractivity contribution in [2.24, 2.45) is 0 Å². The van der Waals surface area contributed by atoms with Crippen molar-refractivity contribution in [3.8, 4) is 0 Å². The van der Waals surface area contributed by atoms with Crippen LogP contribution in [0.25, 0.3) is 0 Å². The quantitative estimate of drug-likeness (QED) is 0.264. The number of hydrogen-bond donors (Lipinski definition) is 1. The van der Waals surface area contributed by atoms with Crippen LogP contribution in [0.4, 0.5) is 0 Å². The maximum atomic E-state index is 7.56. The Hall–Kier alpha value is -0.135. The van der Waals surface area contributed by atoms with E-state index in [-0.39, 0.29) is 0 Å². The van der Waals surface area contributed by atoms with Crippen molar-refractivity contribution in [2.45, 2.75) is 0 Å². The lowest BCUT2D eigenvalue weighted by atomic mass is 10.3. The van der Waals surface area contributed by atoms with Gasteiger partial charge in [-0.3, -0.25) is 5.26 Å². The Bertz CT molecular complexity index is 36.4. The lowest BCUT2D eigenvalue weighted by molar-refractivity contribution is -0.535. The topological polar surface area (TPSA) is 57.2 Å². The van der Waals surface area contributed by atoms with Gasteiger partial charge in [0.25, 0.3) is 0 Å². The van der Waals surface area contributed by atoms with Crippen LogP contribution in [0, 0.1) is 0 Å². The molecule has 1 aliphatic heterocycles. The number of rotatable bonds is 1. The van der Waals surface area contributed by atoms with Crippen LogP contribution >= 0.6 is 0 Å². The maximum absolute atomic E-state index is 7.56. The zero-order chi connectivity index (χ0) is 4.41. The van der Waals surface area contributed by atoms with Crippen LogP contribution in [-0.4, -0.2) is 12.6 Å². The molecule has 0 amide bonds. The normalized spacial score (nSPS) is 20.5. The highest BCUT2D eigenvalue weighted by Crippen LogP contribution is 2.01. The van der Waals surface area contributed by atoms with E-state index >= 15 is 0 Å². The van der Waals surface area contributed by atoms with Crippen molar-refractivity contribution in [1.29, 1.82) is 0 Å². The monoisotopic (exact) mass is 92.0 g/mol. The molecule has 1 saturated heterocycles. The summed E-state index contributed by atoms with van der Waals surface area (Å²) in [4.78, 5) is 11.2. The van der Waals surface area contributed by atoms with Gasteiger partial charge >= 0.3 is 7.32 Å². The molecular formula is HBO5. The van der Waals surface area contributed by atoms with Gasteiger partial charge in [-0.25, -0.2) is 4.81 Å². The summed E-state index contributed by atoms with van der Waals surface area (Å²) in [5.41, 5.74) is 0. The van der Waals surface area contributed by atoms with Crippen LogP contribution in [0.5, 0.6) is 0 Å². The molecule has 5 nitrogen and oxygen atoms in total. The maximum Gasteiger partial charge on any atom is 0.729 e. The van der Waals surface area contributed by atoms with E-state index in [1.54, 1.807) is 0 Å². The summed E-state index contributed by atoms with van der Waals surface area (Å²) in [6, 6.07) is 0. The van der Waals surface area contributed by atoms with E-state index in [9.17, 15) is 0 Å². The molecule has 6 heavy (non-hydrogen) atoms. The van der Waals surface area contributed by atoms with Gasteiger partial charge in [0.2, 0.25) is 0 Å². The zero-order valence-electron chi connectivity index (χ0n) is 2.66. The Morgan fingerprint density at radius 2 is 2.17 bits per heavy atom. The predicted octanol–water partition coefficient (Wildman–Crippen LogP) is -0.646. The summed E-state index contributed by atoms with van der Waals surface area (Å²) in [6.07, 6.45) is 0. The second-order valence-corrected chi connectivity index (χ2v) is 0.655. The molecular weight excluding hydrogens is 90.8 g/mol. The van der Waals surface area contributed by atoms with Crippen LogP contribution in [0.1, 0.15) is 0 Å². The first-order valence-electron chi connectivity index (χ1n) is 1.22. The van der Waals surface area contributed by atoms with Crippen molar-refractivity contribution < 1.29 is 24.7 Å². The lowest BCUT2D eigenvalue weighted by Crippen LogP contribution is -2.35. The van der Waals surface area contributed by atoms with Crippen molar-refractivity contribution in [1.82, 2.24) is 0 Å². The molecule has 0 spiro atoms. The smallest absolute Gasteiger partial charge is 0.262 e. The molecule has 0 aromatic rings. The van der Waals surface area contributed by atoms with Crippen LogP contribution in [-0.2, 0) is 19.5 Å². The highest BCUT2D eigenvalue weighted by atomic mass is 17.6. The van der Waals surface area contributed by atoms with Gasteiger partial charge in [-0.2, -0.15) is 9.61 Å². The van der Waals surface area contributed by atoms with E-state index < -0.39 is 7.32 Å². The minimum absolute atomic E-state index is 1.05. The van der Waals surface area contributed by atoms with Crippen molar-refractivity contribution >= 4 is 7.32 Å². The molecule has 0 atom stereocenters. The van der Waals surface area contributed by atoms with Gasteiger partial charge in [-0.05, 0) is 0 Å². The van der Waals surface area contributed by atoms with E-state index in [0.717, 1.165) is 0 Å². The molecule has 1 fully saturated rings. The highest BCUT2D eigenvalue weighted by Gasteiger charge is 2.35. The molecule has 0 radical (unpaired) electrons. The molecule has 0 saturated carbocycles. The Labute approximate surface area is 33.3 Å². The van der Waals surface area contributed by atoms with Gasteiger partial charge in [0.1, 0.15) is 0 Å². The Balaban J connectivity index is 2.01. The second-order valence-electron chi connectivity index (χ2n) is 0.655. The molecule has 1 heterocycles. The van der Waals surface area contributed by atoms with E-state index in [2.05, 4.69) is 19.5 Å². The van der Waals surface area contributed by atoms with Crippen LogP contribution in [0.2, 0.25) is 0 Å². The van der Waals surface area contributed by atoms with Crippen LogP contribution < -0.4 is 0 Å². The Kier molecular flexibility index (Phi) is 1.04. The van der Waals surface area contributed by atoms with E-state index in [1.165, 1.54) is 0 Å². The van der Waals surface area contributed by atoms with Gasteiger partial charge in [-0.15, -0.1) is 0 Å². The first kappa shape index (κ1) is 4.04. The molecule has 0 aromatic heterocycles. The van der Waals surface area contributed by atoms with Crippen LogP contribution in [0.3, 0.4) is 0 Å². The molecule has 1 N–H and O–H groups in total. The molecule has 34 valence electrons. The second kappa shape index (κ2) is 1.54. The fraction of sp³-hybridized carbons (Fsp3) is 0. The molecule has 0 bridgehead atoms. The molecule has 6 heteroatoms. The molecule has 0 aromatic carbocycles. The van der Waals surface area contributed by atoms with Gasteiger partial charge in [0.05, 0.1) is 0 Å². The summed E-state index contributed by atoms with van der Waals surface area (Å²) in [5.74, 6) is 0. The SMILES string of the molecule is OOB1OOO1. The summed E-state index contributed by atoms with van der Waals surface area (Å²) in [7, 11) is -1.05. The largest absolute Gasteiger partial charge is 0.729 e. The average Bonchev–Trinajstić information content (AvgIpc) is 1.31. The fourth-order valence-corrected chi connectivity index (χ4v) is 0.106. The fourth-order valence-electron chi connectivity index (χ4n) is 0.106. The first-order valence-corrected chi connectivity index (χ1v) is 1.22. The molecule has 1 rings (SSSR count). The third kappa shape index (κ3) is 0.513. The van der Waals surface area contributed by atoms with Crippen molar-refractivity contribution in [3.05, 3.63) is 0 Å². The lowest BCUT2D eigenvalue weighted by Gasteiger charge is -2.12. The summed E-state index contributed by atoms with van der Waals surface area (Å²) in [5, 5.41) is 11.2. The molecule has 0 unspecified atom stereocenters. The average molecular weight is 91.8 g/mol. The zero-order valence-corrected chi connectivity index (χ0v) is 2.66. The van der Waals surface area contributed by atoms with Crippen molar-refractivity contribution in [3.63, 3.8) is 0 Å². The van der Waals surface area contributed by atoms with Crippen molar-refractivity contribution in [2.75, 3.05) is 0 Å². The van der Waals surface area contributed by atoms with E-state index in [0.29, 0.717) is 0 Å². The third-order valence-electron chi connectivity index (χ3n) is 0.322. The van der Waals surface area contributed by atoms with Gasteiger partial charge in [0.15, 0.2) is 0 Å². The standard InChI is InChI=1S/BHO5/c2-3-1-4-6-5-1/h2H. The number of hydrogen-bond acceptors (Lipinski definition) is 5. The minimum Gasteiger partial charge on any atom is -0.262 e. The Morgan fingerprint density at radius 3 is 2.17 bits per heavy atom. The van der Waals surface area contributed by atoms with Gasteiger partial charge in [-0.1, -0.05) is 5.04 Å². The van der Waals surface area contributed by atoms with Crippen LogP contribution in [0.15, 0.2) is 0 Å². The molecule has 0 aliphatic carbocycles. The van der Waals surface area contributed by atoms with Gasteiger partial charge in [0, 0.05) is 0 Å².